The standard InChI is InChI=1S/C23H23F2N7O/c1-16(23(33,13-31-15-26-14-27-31)19-8-7-18(24)11-20(19)25)30-9-10-32-21(12-30)28-22(29-32)17-5-3-2-4-6-17/h2-8,11,14-16,33H,9-10,12-13H2,1H3/t16-,23-/m1/s1. The van der Waals surface area contributed by atoms with Crippen molar-refractivity contribution >= 4 is 0 Å². The minimum atomic E-state index is -1.70. The quantitative estimate of drug-likeness (QED) is 0.485. The Labute approximate surface area is 189 Å². The Kier molecular flexibility index (Phi) is 5.47. The molecule has 0 saturated heterocycles. The fraction of sp³-hybridized carbons (Fsp3) is 0.304. The number of hydrogen-bond donors (Lipinski definition) is 1. The maximum absolute atomic E-state index is 14.8. The first-order valence-corrected chi connectivity index (χ1v) is 10.7. The minimum absolute atomic E-state index is 0.00362. The molecule has 1 aliphatic heterocycles. The van der Waals surface area contributed by atoms with Crippen molar-refractivity contribution in [2.45, 2.75) is 38.2 Å². The molecule has 2 atom stereocenters. The van der Waals surface area contributed by atoms with Crippen molar-refractivity contribution in [3.05, 3.63) is 84.2 Å². The zero-order valence-corrected chi connectivity index (χ0v) is 18.0. The topological polar surface area (TPSA) is 84.9 Å². The van der Waals surface area contributed by atoms with Crippen molar-refractivity contribution in [2.24, 2.45) is 0 Å². The van der Waals surface area contributed by atoms with E-state index in [1.807, 2.05) is 46.8 Å². The molecular formula is C23H23F2N7O. The van der Waals surface area contributed by atoms with Crippen LogP contribution in [-0.2, 0) is 25.2 Å². The first-order valence-electron chi connectivity index (χ1n) is 10.7. The first-order chi connectivity index (χ1) is 15.9. The summed E-state index contributed by atoms with van der Waals surface area (Å²) in [7, 11) is 0. The molecular weight excluding hydrogens is 428 g/mol. The van der Waals surface area contributed by atoms with Crippen LogP contribution < -0.4 is 0 Å². The van der Waals surface area contributed by atoms with Gasteiger partial charge in [0.2, 0.25) is 0 Å². The number of benzene rings is 2. The van der Waals surface area contributed by atoms with Crippen molar-refractivity contribution in [3.63, 3.8) is 0 Å². The lowest BCUT2D eigenvalue weighted by atomic mass is 9.85. The molecule has 0 radical (unpaired) electrons. The van der Waals surface area contributed by atoms with Crippen molar-refractivity contribution in [1.29, 1.82) is 0 Å². The van der Waals surface area contributed by atoms with Crippen LogP contribution in [0.3, 0.4) is 0 Å². The summed E-state index contributed by atoms with van der Waals surface area (Å²) in [5.74, 6) is -0.111. The molecule has 0 fully saturated rings. The van der Waals surface area contributed by atoms with E-state index in [1.54, 1.807) is 0 Å². The number of aromatic nitrogens is 6. The lowest BCUT2D eigenvalue weighted by Gasteiger charge is -2.42. The van der Waals surface area contributed by atoms with E-state index in [-0.39, 0.29) is 12.1 Å². The Morgan fingerprint density at radius 2 is 1.94 bits per heavy atom. The lowest BCUT2D eigenvalue weighted by Crippen LogP contribution is -2.53. The zero-order valence-electron chi connectivity index (χ0n) is 18.0. The summed E-state index contributed by atoms with van der Waals surface area (Å²) in [4.78, 5) is 10.6. The molecule has 2 aromatic heterocycles. The summed E-state index contributed by atoms with van der Waals surface area (Å²) < 4.78 is 31.7. The fourth-order valence-corrected chi connectivity index (χ4v) is 4.34. The van der Waals surface area contributed by atoms with E-state index in [1.165, 1.54) is 23.4 Å². The van der Waals surface area contributed by atoms with Gasteiger partial charge in [-0.2, -0.15) is 10.2 Å². The fourth-order valence-electron chi connectivity index (χ4n) is 4.34. The van der Waals surface area contributed by atoms with Crippen molar-refractivity contribution in [2.75, 3.05) is 6.54 Å². The molecule has 3 heterocycles. The van der Waals surface area contributed by atoms with E-state index in [9.17, 15) is 13.9 Å². The van der Waals surface area contributed by atoms with Crippen LogP contribution in [0.4, 0.5) is 8.78 Å². The Balaban J connectivity index is 1.46. The number of rotatable bonds is 6. The lowest BCUT2D eigenvalue weighted by molar-refractivity contribution is -0.0714. The van der Waals surface area contributed by atoms with Gasteiger partial charge in [-0.05, 0) is 13.0 Å². The molecule has 8 nitrogen and oxygen atoms in total. The molecule has 2 aromatic carbocycles. The molecule has 0 aliphatic carbocycles. The van der Waals surface area contributed by atoms with Crippen LogP contribution in [0.5, 0.6) is 0 Å². The van der Waals surface area contributed by atoms with Crippen LogP contribution in [0, 0.1) is 11.6 Å². The summed E-state index contributed by atoms with van der Waals surface area (Å²) in [5, 5.41) is 20.5. The van der Waals surface area contributed by atoms with E-state index in [2.05, 4.69) is 15.2 Å². The highest BCUT2D eigenvalue weighted by Crippen LogP contribution is 2.34. The number of fused-ring (bicyclic) bond motifs is 1. The zero-order chi connectivity index (χ0) is 23.0. The van der Waals surface area contributed by atoms with Crippen LogP contribution in [0.25, 0.3) is 11.4 Å². The molecule has 0 bridgehead atoms. The third-order valence-electron chi connectivity index (χ3n) is 6.23. The number of hydrogen-bond acceptors (Lipinski definition) is 6. The number of aliphatic hydroxyl groups is 1. The van der Waals surface area contributed by atoms with Crippen molar-refractivity contribution in [1.82, 2.24) is 34.4 Å². The molecule has 0 saturated carbocycles. The average molecular weight is 451 g/mol. The Morgan fingerprint density at radius 1 is 1.12 bits per heavy atom. The predicted octanol–water partition coefficient (Wildman–Crippen LogP) is 2.61. The van der Waals surface area contributed by atoms with Gasteiger partial charge in [0.1, 0.15) is 35.7 Å². The SMILES string of the molecule is C[C@@H](N1CCn2nc(-c3ccccc3)nc2C1)[C@](O)(Cn1cncn1)c1ccc(F)cc1F. The van der Waals surface area contributed by atoms with E-state index in [4.69, 9.17) is 4.98 Å². The van der Waals surface area contributed by atoms with Crippen molar-refractivity contribution < 1.29 is 13.9 Å². The van der Waals surface area contributed by atoms with E-state index in [0.717, 1.165) is 23.5 Å². The summed E-state index contributed by atoms with van der Waals surface area (Å²) >= 11 is 0. The van der Waals surface area contributed by atoms with Gasteiger partial charge in [0.15, 0.2) is 5.82 Å². The highest BCUT2D eigenvalue weighted by Gasteiger charge is 2.43. The van der Waals surface area contributed by atoms with Crippen LogP contribution in [-0.4, -0.2) is 52.1 Å². The molecule has 10 heteroatoms. The summed E-state index contributed by atoms with van der Waals surface area (Å²) in [6.45, 7) is 3.35. The van der Waals surface area contributed by atoms with Gasteiger partial charge in [-0.25, -0.2) is 28.1 Å². The highest BCUT2D eigenvalue weighted by atomic mass is 19.1. The van der Waals surface area contributed by atoms with Gasteiger partial charge < -0.3 is 5.11 Å². The molecule has 4 aromatic rings. The van der Waals surface area contributed by atoms with E-state index >= 15 is 0 Å². The first kappa shape index (κ1) is 21.4. The maximum atomic E-state index is 14.8. The molecule has 0 amide bonds. The minimum Gasteiger partial charge on any atom is -0.381 e. The van der Waals surface area contributed by atoms with Crippen LogP contribution in [0.2, 0.25) is 0 Å². The maximum Gasteiger partial charge on any atom is 0.181 e. The van der Waals surface area contributed by atoms with Gasteiger partial charge in [-0.15, -0.1) is 0 Å². The number of nitrogens with zero attached hydrogens (tertiary/aromatic N) is 7. The van der Waals surface area contributed by atoms with Crippen molar-refractivity contribution in [3.8, 4) is 11.4 Å². The third-order valence-corrected chi connectivity index (χ3v) is 6.23. The Hall–Kier alpha value is -3.50. The van der Waals surface area contributed by atoms with E-state index in [0.29, 0.717) is 25.5 Å². The van der Waals surface area contributed by atoms with Crippen LogP contribution in [0.15, 0.2) is 61.2 Å². The normalized spacial score (nSPS) is 16.8. The second-order valence-electron chi connectivity index (χ2n) is 8.23. The number of halogens is 2. The summed E-state index contributed by atoms with van der Waals surface area (Å²) in [5.41, 5.74) is -0.769. The van der Waals surface area contributed by atoms with Gasteiger partial charge in [-0.3, -0.25) is 4.90 Å². The van der Waals surface area contributed by atoms with Gasteiger partial charge in [0.05, 0.1) is 19.6 Å². The molecule has 5 rings (SSSR count). The molecule has 33 heavy (non-hydrogen) atoms. The monoisotopic (exact) mass is 451 g/mol. The largest absolute Gasteiger partial charge is 0.381 e. The predicted molar refractivity (Wildman–Crippen MR) is 116 cm³/mol. The molecule has 170 valence electrons. The average Bonchev–Trinajstić information content (AvgIpc) is 3.48. The van der Waals surface area contributed by atoms with Gasteiger partial charge in [-0.1, -0.05) is 36.4 Å². The smallest absolute Gasteiger partial charge is 0.181 e. The van der Waals surface area contributed by atoms with Gasteiger partial charge >= 0.3 is 0 Å². The molecule has 1 N–H and O–H groups in total. The molecule has 0 spiro atoms. The summed E-state index contributed by atoms with van der Waals surface area (Å²) in [6, 6.07) is 12.4. The van der Waals surface area contributed by atoms with Gasteiger partial charge in [0, 0.05) is 29.8 Å². The Morgan fingerprint density at radius 3 is 2.67 bits per heavy atom. The van der Waals surface area contributed by atoms with Crippen LogP contribution in [0.1, 0.15) is 18.3 Å². The molecule has 0 unspecified atom stereocenters. The third kappa shape index (κ3) is 4.03. The van der Waals surface area contributed by atoms with Crippen LogP contribution >= 0.6 is 0 Å². The second kappa shape index (κ2) is 8.45. The van der Waals surface area contributed by atoms with E-state index < -0.39 is 23.3 Å². The Bertz CT molecular complexity index is 1250. The van der Waals surface area contributed by atoms with Gasteiger partial charge in [0.25, 0.3) is 0 Å². The summed E-state index contributed by atoms with van der Waals surface area (Å²) in [6.07, 6.45) is 2.80. The second-order valence-corrected chi connectivity index (χ2v) is 8.23. The highest BCUT2D eigenvalue weighted by molar-refractivity contribution is 5.54. The molecule has 1 aliphatic rings.